The number of ether oxygens (including phenoxy) is 3. The van der Waals surface area contributed by atoms with Crippen molar-refractivity contribution in [1.82, 2.24) is 0 Å². The highest BCUT2D eigenvalue weighted by molar-refractivity contribution is 5.41. The van der Waals surface area contributed by atoms with E-state index < -0.39 is 41.9 Å². The molecule has 8 heteroatoms. The molecule has 1 aliphatic heterocycles. The van der Waals surface area contributed by atoms with E-state index in [-0.39, 0.29) is 56.3 Å². The lowest BCUT2D eigenvalue weighted by Gasteiger charge is -2.37. The lowest BCUT2D eigenvalue weighted by Crippen LogP contribution is -2.41. The maximum atomic E-state index is 14.9. The Morgan fingerprint density at radius 2 is 1.85 bits per heavy atom. The van der Waals surface area contributed by atoms with Gasteiger partial charge in [0.15, 0.2) is 0 Å². The Morgan fingerprint density at radius 3 is 2.44 bits per heavy atom. The van der Waals surface area contributed by atoms with Crippen LogP contribution in [0.1, 0.15) is 88.7 Å². The minimum absolute atomic E-state index is 0.0715. The number of rotatable bonds is 10. The van der Waals surface area contributed by atoms with Crippen LogP contribution in [0.15, 0.2) is 24.3 Å². The van der Waals surface area contributed by atoms with Gasteiger partial charge in [0, 0.05) is 0 Å². The molecule has 1 aromatic rings. The maximum Gasteiger partial charge on any atom is 0.358 e. The van der Waals surface area contributed by atoms with Crippen molar-refractivity contribution in [2.75, 3.05) is 13.2 Å². The summed E-state index contributed by atoms with van der Waals surface area (Å²) in [5.41, 5.74) is -0.609. The highest BCUT2D eigenvalue weighted by Gasteiger charge is 2.45. The molecule has 192 valence electrons. The van der Waals surface area contributed by atoms with Gasteiger partial charge in [-0.15, -0.1) is 0 Å². The Morgan fingerprint density at radius 1 is 1.12 bits per heavy atom. The second-order valence-corrected chi connectivity index (χ2v) is 9.14. The summed E-state index contributed by atoms with van der Waals surface area (Å²) in [7, 11) is 0. The van der Waals surface area contributed by atoms with Crippen molar-refractivity contribution in [2.24, 2.45) is 5.92 Å². The first-order valence-corrected chi connectivity index (χ1v) is 12.3. The third kappa shape index (κ3) is 6.72. The van der Waals surface area contributed by atoms with Gasteiger partial charge < -0.3 is 14.2 Å². The van der Waals surface area contributed by atoms with E-state index in [1.165, 1.54) is 12.1 Å². The van der Waals surface area contributed by atoms with Gasteiger partial charge in [0.2, 0.25) is 0 Å². The van der Waals surface area contributed by atoms with Crippen LogP contribution in [-0.4, -0.2) is 31.5 Å². The van der Waals surface area contributed by atoms with E-state index in [2.05, 4.69) is 6.08 Å². The van der Waals surface area contributed by atoms with Crippen LogP contribution in [0.2, 0.25) is 0 Å². The summed E-state index contributed by atoms with van der Waals surface area (Å²) in [4.78, 5) is 0. The molecule has 0 aromatic heterocycles. The minimum atomic E-state index is -3.30. The third-order valence-electron chi connectivity index (χ3n) is 6.87. The molecule has 1 saturated carbocycles. The number of halogens is 5. The van der Waals surface area contributed by atoms with Crippen LogP contribution in [0, 0.1) is 11.7 Å². The Kier molecular flexibility index (Phi) is 9.77. The summed E-state index contributed by atoms with van der Waals surface area (Å²) >= 11 is 0. The van der Waals surface area contributed by atoms with Gasteiger partial charge in [-0.3, -0.25) is 0 Å². The van der Waals surface area contributed by atoms with E-state index in [1.54, 1.807) is 6.92 Å². The predicted molar refractivity (Wildman–Crippen MR) is 120 cm³/mol. The molecule has 2 fully saturated rings. The van der Waals surface area contributed by atoms with Crippen molar-refractivity contribution in [3.05, 3.63) is 41.2 Å². The monoisotopic (exact) mass is 490 g/mol. The van der Waals surface area contributed by atoms with E-state index >= 15 is 0 Å². The molecule has 0 N–H and O–H groups in total. The van der Waals surface area contributed by atoms with E-state index in [4.69, 9.17) is 14.2 Å². The molecule has 3 rings (SSSR count). The van der Waals surface area contributed by atoms with Crippen molar-refractivity contribution in [3.63, 3.8) is 0 Å². The molecule has 3 nitrogen and oxygen atoms in total. The van der Waals surface area contributed by atoms with E-state index in [0.717, 1.165) is 12.8 Å². The Bertz CT molecular complexity index is 798. The van der Waals surface area contributed by atoms with Crippen LogP contribution in [0.4, 0.5) is 22.0 Å². The second-order valence-electron chi connectivity index (χ2n) is 9.14. The topological polar surface area (TPSA) is 27.7 Å². The molecule has 2 unspecified atom stereocenters. The SMILES string of the molecule is CC=CCCC1CCC(OC(F)(F)C2CCC(c3ccc(OCC)c(C(F)F)c3F)CC2)CO1. The van der Waals surface area contributed by atoms with Crippen LogP contribution in [0.5, 0.6) is 5.75 Å². The van der Waals surface area contributed by atoms with Gasteiger partial charge in [-0.25, -0.2) is 13.2 Å². The van der Waals surface area contributed by atoms with Crippen LogP contribution in [0.25, 0.3) is 0 Å². The normalized spacial score (nSPS) is 26.4. The molecule has 2 aliphatic rings. The quantitative estimate of drug-likeness (QED) is 0.246. The van der Waals surface area contributed by atoms with Gasteiger partial charge in [-0.2, -0.15) is 8.78 Å². The number of hydrogen-bond donors (Lipinski definition) is 0. The number of alkyl halides is 4. The van der Waals surface area contributed by atoms with Gasteiger partial charge in [0.1, 0.15) is 11.6 Å². The number of allylic oxidation sites excluding steroid dienone is 2. The van der Waals surface area contributed by atoms with E-state index in [1.807, 2.05) is 13.0 Å². The third-order valence-corrected chi connectivity index (χ3v) is 6.87. The zero-order chi connectivity index (χ0) is 24.7. The molecule has 0 spiro atoms. The lowest BCUT2D eigenvalue weighted by atomic mass is 9.77. The molecule has 0 bridgehead atoms. The molecule has 1 heterocycles. The fourth-order valence-corrected chi connectivity index (χ4v) is 5.00. The summed E-state index contributed by atoms with van der Waals surface area (Å²) in [5.74, 6) is -2.55. The van der Waals surface area contributed by atoms with Gasteiger partial charge in [0.25, 0.3) is 6.43 Å². The molecular weight excluding hydrogens is 455 g/mol. The van der Waals surface area contributed by atoms with Crippen molar-refractivity contribution >= 4 is 0 Å². The summed E-state index contributed by atoms with van der Waals surface area (Å²) in [6.07, 6.45) is 0.957. The second kappa shape index (κ2) is 12.3. The molecule has 1 aliphatic carbocycles. The number of benzene rings is 1. The smallest absolute Gasteiger partial charge is 0.358 e. The van der Waals surface area contributed by atoms with Crippen LogP contribution >= 0.6 is 0 Å². The van der Waals surface area contributed by atoms with Crippen molar-refractivity contribution in [2.45, 2.75) is 95.9 Å². The average Bonchev–Trinajstić information content (AvgIpc) is 2.80. The van der Waals surface area contributed by atoms with E-state index in [9.17, 15) is 22.0 Å². The summed E-state index contributed by atoms with van der Waals surface area (Å²) in [6.45, 7) is 3.88. The predicted octanol–water partition coefficient (Wildman–Crippen LogP) is 7.95. The first-order chi connectivity index (χ1) is 16.3. The molecular formula is C26H35F5O3. The first kappa shape index (κ1) is 26.9. The zero-order valence-corrected chi connectivity index (χ0v) is 19.9. The molecule has 34 heavy (non-hydrogen) atoms. The van der Waals surface area contributed by atoms with Crippen molar-refractivity contribution in [3.8, 4) is 5.75 Å². The van der Waals surface area contributed by atoms with Crippen LogP contribution in [-0.2, 0) is 9.47 Å². The molecule has 0 radical (unpaired) electrons. The van der Waals surface area contributed by atoms with Gasteiger partial charge in [-0.1, -0.05) is 18.2 Å². The average molecular weight is 491 g/mol. The Hall–Kier alpha value is -1.67. The Balaban J connectivity index is 1.54. The van der Waals surface area contributed by atoms with Gasteiger partial charge in [-0.05, 0) is 82.8 Å². The fraction of sp³-hybridized carbons (Fsp3) is 0.692. The molecule has 0 amide bonds. The highest BCUT2D eigenvalue weighted by atomic mass is 19.3. The fourth-order valence-electron chi connectivity index (χ4n) is 5.00. The number of hydrogen-bond acceptors (Lipinski definition) is 3. The highest BCUT2D eigenvalue weighted by Crippen LogP contribution is 2.46. The zero-order valence-electron chi connectivity index (χ0n) is 19.9. The van der Waals surface area contributed by atoms with Crippen LogP contribution < -0.4 is 4.74 Å². The summed E-state index contributed by atoms with van der Waals surface area (Å²) in [5, 5.41) is 0. The van der Waals surface area contributed by atoms with Crippen molar-refractivity contribution in [1.29, 1.82) is 0 Å². The Labute approximate surface area is 198 Å². The molecule has 2 atom stereocenters. The lowest BCUT2D eigenvalue weighted by molar-refractivity contribution is -0.309. The van der Waals surface area contributed by atoms with Gasteiger partial charge in [0.05, 0.1) is 36.9 Å². The standard InChI is InChI=1S/C26H35F5O3/c1-3-5-6-7-19-12-13-20(16-33-19)34-26(30,31)18-10-8-17(9-11-18)21-14-15-22(32-4-2)23(24(21)27)25(28)29/h3,5,14-15,17-20,25H,4,6-13,16H2,1-2H3. The summed E-state index contributed by atoms with van der Waals surface area (Å²) < 4.78 is 87.6. The van der Waals surface area contributed by atoms with E-state index in [0.29, 0.717) is 12.8 Å². The van der Waals surface area contributed by atoms with Crippen LogP contribution in [0.3, 0.4) is 0 Å². The molecule has 1 aromatic carbocycles. The largest absolute Gasteiger partial charge is 0.493 e. The molecule has 1 saturated heterocycles. The maximum absolute atomic E-state index is 14.9. The minimum Gasteiger partial charge on any atom is -0.493 e. The first-order valence-electron chi connectivity index (χ1n) is 12.3. The summed E-state index contributed by atoms with van der Waals surface area (Å²) in [6, 6.07) is 2.79. The van der Waals surface area contributed by atoms with Gasteiger partial charge >= 0.3 is 6.11 Å². The van der Waals surface area contributed by atoms with Crippen molar-refractivity contribution < 1.29 is 36.2 Å².